The first kappa shape index (κ1) is 18.4. The maximum absolute atomic E-state index is 13.2. The number of ether oxygens (including phenoxy) is 1. The average Bonchev–Trinajstić information content (AvgIpc) is 2.43. The molecule has 0 aliphatic rings. The van der Waals surface area contributed by atoms with E-state index in [0.717, 1.165) is 12.1 Å². The molecule has 124 valence electrons. The lowest BCUT2D eigenvalue weighted by Crippen LogP contribution is -2.40. The molecule has 0 fully saturated rings. The number of carbonyl (C=O) groups is 1. The molecule has 9 heteroatoms. The summed E-state index contributed by atoms with van der Waals surface area (Å²) in [7, 11) is -0.474. The molecule has 0 saturated carbocycles. The van der Waals surface area contributed by atoms with Crippen molar-refractivity contribution in [3.63, 3.8) is 0 Å². The Hall–Kier alpha value is -1.64. The number of hydrogen-bond acceptors (Lipinski definition) is 3. The zero-order valence-electron chi connectivity index (χ0n) is 11.9. The van der Waals surface area contributed by atoms with Gasteiger partial charge in [-0.1, -0.05) is 0 Å². The molecule has 0 heterocycles. The van der Waals surface area contributed by atoms with E-state index >= 15 is 0 Å². The second-order valence-corrected chi connectivity index (χ2v) is 6.21. The second-order valence-electron chi connectivity index (χ2n) is 4.46. The largest absolute Gasteiger partial charge is 0.496 e. The minimum Gasteiger partial charge on any atom is -0.496 e. The molecule has 0 saturated heterocycles. The Labute approximate surface area is 127 Å². The van der Waals surface area contributed by atoms with Crippen LogP contribution >= 0.6 is 0 Å². The lowest BCUT2D eigenvalue weighted by molar-refractivity contribution is -0.137. The van der Waals surface area contributed by atoms with Crippen molar-refractivity contribution in [3.8, 4) is 5.75 Å². The maximum atomic E-state index is 13.2. The summed E-state index contributed by atoms with van der Waals surface area (Å²) in [6, 6.07) is 3.61. The molecule has 0 aliphatic heterocycles. The molecule has 1 N–H and O–H groups in total. The first-order valence-corrected chi connectivity index (χ1v) is 7.56. The van der Waals surface area contributed by atoms with Gasteiger partial charge in [-0.2, -0.15) is 13.2 Å². The number of amides is 1. The monoisotopic (exact) mass is 341 g/mol. The molecule has 0 spiro atoms. The molecule has 0 aromatic heterocycles. The van der Waals surface area contributed by atoms with Crippen molar-refractivity contribution < 1.29 is 31.3 Å². The Bertz CT molecular complexity index is 563. The quantitative estimate of drug-likeness (QED) is 0.807. The van der Waals surface area contributed by atoms with Gasteiger partial charge >= 0.3 is 6.18 Å². The summed E-state index contributed by atoms with van der Waals surface area (Å²) in [4.78, 5) is 11.5. The molecular weight excluding hydrogens is 326 g/mol. The van der Waals surface area contributed by atoms with Crippen molar-refractivity contribution in [1.29, 1.82) is 0 Å². The third kappa shape index (κ3) is 5.63. The van der Waals surface area contributed by atoms with Crippen LogP contribution < -0.4 is 10.1 Å². The van der Waals surface area contributed by atoms with Crippen LogP contribution in [0, 0.1) is 5.82 Å². The number of halogens is 4. The van der Waals surface area contributed by atoms with Crippen molar-refractivity contribution >= 4 is 16.7 Å². The van der Waals surface area contributed by atoms with Crippen molar-refractivity contribution in [2.24, 2.45) is 0 Å². The maximum Gasteiger partial charge on any atom is 0.405 e. The van der Waals surface area contributed by atoms with E-state index in [-0.39, 0.29) is 17.1 Å². The number of benzene rings is 1. The van der Waals surface area contributed by atoms with Crippen molar-refractivity contribution in [2.75, 3.05) is 13.7 Å². The molecule has 1 aromatic rings. The number of hydrogen-bond donors (Lipinski definition) is 1. The van der Waals surface area contributed by atoms with Gasteiger partial charge in [0.2, 0.25) is 5.91 Å². The van der Waals surface area contributed by atoms with E-state index in [0.29, 0.717) is 0 Å². The number of alkyl halides is 3. The molecule has 0 bridgehead atoms. The molecule has 0 aliphatic carbocycles. The first-order valence-electron chi connectivity index (χ1n) is 6.18. The van der Waals surface area contributed by atoms with Gasteiger partial charge in [-0.05, 0) is 25.1 Å². The van der Waals surface area contributed by atoms with Crippen LogP contribution in [0.4, 0.5) is 17.6 Å². The fourth-order valence-corrected chi connectivity index (χ4v) is 2.69. The Morgan fingerprint density at radius 1 is 1.41 bits per heavy atom. The van der Waals surface area contributed by atoms with Gasteiger partial charge in [0, 0.05) is 16.4 Å². The van der Waals surface area contributed by atoms with Crippen LogP contribution in [0.25, 0.3) is 0 Å². The Kier molecular flexibility index (Phi) is 6.34. The van der Waals surface area contributed by atoms with E-state index in [1.807, 2.05) is 0 Å². The van der Waals surface area contributed by atoms with Gasteiger partial charge in [-0.3, -0.25) is 9.00 Å². The van der Waals surface area contributed by atoms with Gasteiger partial charge < -0.3 is 10.1 Å². The van der Waals surface area contributed by atoms with Crippen LogP contribution in [0.2, 0.25) is 0 Å². The van der Waals surface area contributed by atoms with Gasteiger partial charge in [0.25, 0.3) is 0 Å². The highest BCUT2D eigenvalue weighted by atomic mass is 32.2. The zero-order chi connectivity index (χ0) is 16.9. The number of nitrogens with one attached hydrogen (secondary N) is 1. The van der Waals surface area contributed by atoms with Gasteiger partial charge in [0.15, 0.2) is 0 Å². The summed E-state index contributed by atoms with van der Waals surface area (Å²) >= 11 is 0. The summed E-state index contributed by atoms with van der Waals surface area (Å²) in [6.45, 7) is -0.246. The van der Waals surface area contributed by atoms with Crippen LogP contribution in [0.1, 0.15) is 12.5 Å². The van der Waals surface area contributed by atoms with Crippen molar-refractivity contribution in [1.82, 2.24) is 5.32 Å². The van der Waals surface area contributed by atoms with Crippen molar-refractivity contribution in [2.45, 2.75) is 24.1 Å². The van der Waals surface area contributed by atoms with Gasteiger partial charge in [0.05, 0.1) is 12.9 Å². The molecule has 2 atom stereocenters. The molecule has 1 amide bonds. The summed E-state index contributed by atoms with van der Waals surface area (Å²) in [5.41, 5.74) is 0.274. The number of rotatable bonds is 6. The topological polar surface area (TPSA) is 55.4 Å². The van der Waals surface area contributed by atoms with Crippen LogP contribution in [0.5, 0.6) is 5.75 Å². The summed E-state index contributed by atoms with van der Waals surface area (Å²) in [5, 5.41) is 0.496. The molecule has 1 aromatic carbocycles. The average molecular weight is 341 g/mol. The van der Waals surface area contributed by atoms with E-state index in [9.17, 15) is 26.6 Å². The number of methoxy groups -OCH3 is 1. The normalized spacial score (nSPS) is 14.3. The lowest BCUT2D eigenvalue weighted by atomic mass is 10.2. The third-order valence-electron chi connectivity index (χ3n) is 2.77. The highest BCUT2D eigenvalue weighted by Gasteiger charge is 2.30. The standard InChI is InChI=1S/C13H15F4NO3S/c1-8(12(19)18-7-13(15,16)17)22(20)6-9-5-10(14)3-4-11(9)21-2/h3-5,8H,6-7H2,1-2H3,(H,18,19)/t8-,22+/m0/s1. The highest BCUT2D eigenvalue weighted by Crippen LogP contribution is 2.22. The van der Waals surface area contributed by atoms with E-state index in [2.05, 4.69) is 0 Å². The fourth-order valence-electron chi connectivity index (χ4n) is 1.59. The Morgan fingerprint density at radius 2 is 2.05 bits per heavy atom. The zero-order valence-corrected chi connectivity index (χ0v) is 12.7. The van der Waals surface area contributed by atoms with Crippen LogP contribution in [0.3, 0.4) is 0 Å². The van der Waals surface area contributed by atoms with Gasteiger partial charge in [-0.15, -0.1) is 0 Å². The third-order valence-corrected chi connectivity index (χ3v) is 4.37. The van der Waals surface area contributed by atoms with E-state index in [1.165, 1.54) is 20.1 Å². The fraction of sp³-hybridized carbons (Fsp3) is 0.462. The second kappa shape index (κ2) is 7.57. The molecule has 1 rings (SSSR count). The smallest absolute Gasteiger partial charge is 0.405 e. The molecule has 4 nitrogen and oxygen atoms in total. The molecular formula is C13H15F4NO3S. The lowest BCUT2D eigenvalue weighted by Gasteiger charge is -2.14. The van der Waals surface area contributed by atoms with Crippen LogP contribution in [-0.4, -0.2) is 35.2 Å². The van der Waals surface area contributed by atoms with Crippen LogP contribution in [0.15, 0.2) is 18.2 Å². The predicted molar refractivity (Wildman–Crippen MR) is 73.3 cm³/mol. The molecule has 22 heavy (non-hydrogen) atoms. The predicted octanol–water partition coefficient (Wildman–Crippen LogP) is 2.15. The minimum atomic E-state index is -4.54. The van der Waals surface area contributed by atoms with E-state index in [1.54, 1.807) is 5.32 Å². The van der Waals surface area contributed by atoms with E-state index < -0.39 is 40.5 Å². The Balaban J connectivity index is 2.72. The minimum absolute atomic E-state index is 0.207. The summed E-state index contributed by atoms with van der Waals surface area (Å²) < 4.78 is 66.3. The number of carbonyl (C=O) groups excluding carboxylic acids is 1. The first-order chi connectivity index (χ1) is 10.1. The van der Waals surface area contributed by atoms with Crippen LogP contribution in [-0.2, 0) is 21.3 Å². The molecule has 0 radical (unpaired) electrons. The SMILES string of the molecule is COc1ccc(F)cc1C[S@@](=O)[C@@H](C)C(=O)NCC(F)(F)F. The summed E-state index contributed by atoms with van der Waals surface area (Å²) in [6.07, 6.45) is -4.54. The Morgan fingerprint density at radius 3 is 2.59 bits per heavy atom. The molecule has 0 unspecified atom stereocenters. The van der Waals surface area contributed by atoms with Gasteiger partial charge in [-0.25, -0.2) is 4.39 Å². The van der Waals surface area contributed by atoms with Crippen molar-refractivity contribution in [3.05, 3.63) is 29.6 Å². The highest BCUT2D eigenvalue weighted by molar-refractivity contribution is 7.85. The van der Waals surface area contributed by atoms with E-state index in [4.69, 9.17) is 4.74 Å². The summed E-state index contributed by atoms with van der Waals surface area (Å²) in [5.74, 6) is -1.47. The van der Waals surface area contributed by atoms with Gasteiger partial charge in [0.1, 0.15) is 23.4 Å².